The van der Waals surface area contributed by atoms with E-state index in [1.807, 2.05) is 6.92 Å². The molecule has 2 aromatic heterocycles. The van der Waals surface area contributed by atoms with Gasteiger partial charge in [0.2, 0.25) is 0 Å². The second kappa shape index (κ2) is 7.79. The van der Waals surface area contributed by atoms with Crippen LogP contribution in [-0.2, 0) is 22.7 Å². The number of nitrogens with zero attached hydrogens (tertiary/aromatic N) is 1. The van der Waals surface area contributed by atoms with Crippen LogP contribution in [0.2, 0.25) is 0 Å². The number of hydrogen-bond acceptors (Lipinski definition) is 7. The zero-order chi connectivity index (χ0) is 19.6. The van der Waals surface area contributed by atoms with Crippen molar-refractivity contribution in [1.82, 2.24) is 4.57 Å². The number of carbonyl (C=O) groups is 1. The van der Waals surface area contributed by atoms with Gasteiger partial charge >= 0.3 is 16.5 Å². The molecule has 0 radical (unpaired) electrons. The Labute approximate surface area is 158 Å². The number of phenols is 1. The Morgan fingerprint density at radius 1 is 1.30 bits per heavy atom. The van der Waals surface area contributed by atoms with Gasteiger partial charge in [-0.2, -0.15) is 0 Å². The van der Waals surface area contributed by atoms with Gasteiger partial charge in [-0.1, -0.05) is 11.3 Å². The zero-order valence-corrected chi connectivity index (χ0v) is 15.8. The third-order valence-electron chi connectivity index (χ3n) is 4.35. The Bertz CT molecular complexity index is 1110. The van der Waals surface area contributed by atoms with Crippen molar-refractivity contribution >= 4 is 28.3 Å². The Balaban J connectivity index is 1.64. The molecule has 0 atom stereocenters. The molecule has 0 saturated heterocycles. The smallest absolute Gasteiger partial charge is 0.336 e. The summed E-state index contributed by atoms with van der Waals surface area (Å²) >= 11 is 1.14. The van der Waals surface area contributed by atoms with E-state index in [9.17, 15) is 19.5 Å². The van der Waals surface area contributed by atoms with Gasteiger partial charge < -0.3 is 18.8 Å². The molecule has 0 aliphatic rings. The SMILES string of the molecule is Cc1c(O)ccc2c(COC(=O)CCCn3c(C)csc3=O)cc(=O)oc12. The molecule has 1 aromatic carbocycles. The third-order valence-corrected chi connectivity index (χ3v) is 5.23. The molecule has 8 heteroatoms. The predicted molar refractivity (Wildman–Crippen MR) is 101 cm³/mol. The lowest BCUT2D eigenvalue weighted by atomic mass is 10.1. The van der Waals surface area contributed by atoms with Crippen molar-refractivity contribution in [2.45, 2.75) is 39.8 Å². The molecule has 0 fully saturated rings. The molecule has 0 unspecified atom stereocenters. The summed E-state index contributed by atoms with van der Waals surface area (Å²) < 4.78 is 12.1. The van der Waals surface area contributed by atoms with E-state index in [0.717, 1.165) is 17.0 Å². The van der Waals surface area contributed by atoms with Crippen LogP contribution in [0.4, 0.5) is 0 Å². The molecule has 142 valence electrons. The van der Waals surface area contributed by atoms with Gasteiger partial charge in [0.1, 0.15) is 17.9 Å². The number of hydrogen-bond donors (Lipinski definition) is 1. The van der Waals surface area contributed by atoms with E-state index in [1.54, 1.807) is 22.9 Å². The summed E-state index contributed by atoms with van der Waals surface area (Å²) in [4.78, 5) is 35.4. The number of fused-ring (bicyclic) bond motifs is 1. The van der Waals surface area contributed by atoms with Crippen molar-refractivity contribution in [3.8, 4) is 5.75 Å². The minimum atomic E-state index is -0.574. The quantitative estimate of drug-likeness (QED) is 0.514. The number of thiazole rings is 1. The van der Waals surface area contributed by atoms with Crippen LogP contribution in [0.1, 0.15) is 29.7 Å². The van der Waals surface area contributed by atoms with Crippen molar-refractivity contribution in [1.29, 1.82) is 0 Å². The van der Waals surface area contributed by atoms with Gasteiger partial charge in [-0.3, -0.25) is 9.59 Å². The molecule has 3 rings (SSSR count). The normalized spacial score (nSPS) is 11.0. The summed E-state index contributed by atoms with van der Waals surface area (Å²) in [5, 5.41) is 12.2. The fraction of sp³-hybridized carbons (Fsp3) is 0.316. The first-order valence-electron chi connectivity index (χ1n) is 8.42. The molecular weight excluding hydrogens is 370 g/mol. The Kier molecular flexibility index (Phi) is 5.46. The van der Waals surface area contributed by atoms with Crippen LogP contribution in [0.3, 0.4) is 0 Å². The van der Waals surface area contributed by atoms with E-state index < -0.39 is 11.6 Å². The summed E-state index contributed by atoms with van der Waals surface area (Å²) in [6.45, 7) is 3.88. The number of ether oxygens (including phenoxy) is 1. The Morgan fingerprint density at radius 2 is 2.07 bits per heavy atom. The average molecular weight is 389 g/mol. The van der Waals surface area contributed by atoms with E-state index in [1.165, 1.54) is 12.1 Å². The monoisotopic (exact) mass is 389 g/mol. The number of aryl methyl sites for hydroxylation is 2. The zero-order valence-electron chi connectivity index (χ0n) is 15.0. The van der Waals surface area contributed by atoms with Crippen LogP contribution in [0.5, 0.6) is 5.75 Å². The van der Waals surface area contributed by atoms with Gasteiger partial charge in [0.05, 0.1) is 0 Å². The highest BCUT2D eigenvalue weighted by atomic mass is 32.1. The molecule has 0 bridgehead atoms. The van der Waals surface area contributed by atoms with Gasteiger partial charge in [-0.25, -0.2) is 4.79 Å². The number of aromatic hydroxyl groups is 1. The van der Waals surface area contributed by atoms with Crippen LogP contribution >= 0.6 is 11.3 Å². The molecule has 3 aromatic rings. The van der Waals surface area contributed by atoms with Crippen LogP contribution in [0.15, 0.2) is 37.6 Å². The summed E-state index contributed by atoms with van der Waals surface area (Å²) in [6, 6.07) is 4.40. The number of esters is 1. The molecule has 0 spiro atoms. The molecular formula is C19H19NO6S. The molecule has 0 aliphatic heterocycles. The third kappa shape index (κ3) is 4.11. The number of benzene rings is 1. The molecule has 27 heavy (non-hydrogen) atoms. The van der Waals surface area contributed by atoms with Crippen LogP contribution in [0.25, 0.3) is 11.0 Å². The predicted octanol–water partition coefficient (Wildman–Crippen LogP) is 2.86. The topological polar surface area (TPSA) is 98.7 Å². The van der Waals surface area contributed by atoms with Gasteiger partial charge in [0.25, 0.3) is 0 Å². The van der Waals surface area contributed by atoms with Crippen molar-refractivity contribution in [3.63, 3.8) is 0 Å². The fourth-order valence-corrected chi connectivity index (χ4v) is 3.58. The van der Waals surface area contributed by atoms with E-state index in [0.29, 0.717) is 29.5 Å². The van der Waals surface area contributed by atoms with Crippen LogP contribution in [0, 0.1) is 13.8 Å². The lowest BCUT2D eigenvalue weighted by molar-refractivity contribution is -0.145. The van der Waals surface area contributed by atoms with Gasteiger partial charge in [-0.15, -0.1) is 0 Å². The summed E-state index contributed by atoms with van der Waals surface area (Å²) in [5.41, 5.74) is 1.55. The summed E-state index contributed by atoms with van der Waals surface area (Å²) in [7, 11) is 0. The standard InChI is InChI=1S/C19H19NO6S/c1-11-10-27-19(24)20(11)7-3-4-16(22)25-9-13-8-17(23)26-18-12(2)15(21)6-5-14(13)18/h5-6,8,10,21H,3-4,7,9H2,1-2H3. The summed E-state index contributed by atoms with van der Waals surface area (Å²) in [6.07, 6.45) is 0.655. The number of phenolic OH excluding ortho intramolecular Hbond substituents is 1. The first-order valence-corrected chi connectivity index (χ1v) is 9.30. The lowest BCUT2D eigenvalue weighted by Gasteiger charge is -2.09. The first-order chi connectivity index (χ1) is 12.9. The van der Waals surface area contributed by atoms with E-state index >= 15 is 0 Å². The number of carbonyl (C=O) groups excluding carboxylic acids is 1. The first kappa shape index (κ1) is 18.9. The highest BCUT2D eigenvalue weighted by Crippen LogP contribution is 2.27. The number of rotatable bonds is 6. The second-order valence-electron chi connectivity index (χ2n) is 6.24. The van der Waals surface area contributed by atoms with Gasteiger partial charge in [0.15, 0.2) is 0 Å². The molecule has 7 nitrogen and oxygen atoms in total. The minimum absolute atomic E-state index is 0.0266. The number of aromatic nitrogens is 1. The lowest BCUT2D eigenvalue weighted by Crippen LogP contribution is -2.16. The highest BCUT2D eigenvalue weighted by molar-refractivity contribution is 7.07. The molecule has 0 saturated carbocycles. The van der Waals surface area contributed by atoms with Crippen LogP contribution < -0.4 is 10.5 Å². The van der Waals surface area contributed by atoms with Crippen molar-refractivity contribution in [3.05, 3.63) is 60.5 Å². The Hall–Kier alpha value is -2.87. The molecule has 0 aliphatic carbocycles. The molecule has 1 N–H and O–H groups in total. The second-order valence-corrected chi connectivity index (χ2v) is 7.06. The van der Waals surface area contributed by atoms with E-state index in [2.05, 4.69) is 0 Å². The average Bonchev–Trinajstić information content (AvgIpc) is 2.95. The fourth-order valence-electron chi connectivity index (χ4n) is 2.82. The van der Waals surface area contributed by atoms with Gasteiger partial charge in [0, 0.05) is 46.6 Å². The summed E-state index contributed by atoms with van der Waals surface area (Å²) in [5.74, 6) is -0.383. The van der Waals surface area contributed by atoms with Crippen molar-refractivity contribution in [2.75, 3.05) is 0 Å². The minimum Gasteiger partial charge on any atom is -0.508 e. The van der Waals surface area contributed by atoms with Crippen molar-refractivity contribution in [2.24, 2.45) is 0 Å². The maximum atomic E-state index is 12.0. The highest BCUT2D eigenvalue weighted by Gasteiger charge is 2.13. The molecule has 2 heterocycles. The largest absolute Gasteiger partial charge is 0.508 e. The molecule has 0 amide bonds. The van der Waals surface area contributed by atoms with E-state index in [4.69, 9.17) is 9.15 Å². The van der Waals surface area contributed by atoms with Crippen LogP contribution in [-0.4, -0.2) is 15.6 Å². The van der Waals surface area contributed by atoms with Gasteiger partial charge in [-0.05, 0) is 32.4 Å². The van der Waals surface area contributed by atoms with E-state index in [-0.39, 0.29) is 29.2 Å². The van der Waals surface area contributed by atoms with Crippen molar-refractivity contribution < 1.29 is 19.1 Å². The Morgan fingerprint density at radius 3 is 2.78 bits per heavy atom. The maximum absolute atomic E-state index is 12.0. The maximum Gasteiger partial charge on any atom is 0.336 e.